The molecule has 1 amide bonds. The van der Waals surface area contributed by atoms with Crippen LogP contribution in [0.3, 0.4) is 0 Å². The fourth-order valence-corrected chi connectivity index (χ4v) is 2.43. The van der Waals surface area contributed by atoms with Gasteiger partial charge < -0.3 is 4.74 Å². The zero-order chi connectivity index (χ0) is 16.3. The molecule has 2 rings (SSSR count). The van der Waals surface area contributed by atoms with E-state index in [2.05, 4.69) is 10.3 Å². The van der Waals surface area contributed by atoms with Crippen molar-refractivity contribution < 1.29 is 18.3 Å². The first-order valence-electron chi connectivity index (χ1n) is 6.41. The first kappa shape index (κ1) is 16.6. The number of carbonyl (C=O) groups is 1. The highest BCUT2D eigenvalue weighted by molar-refractivity contribution is 7.19. The van der Waals surface area contributed by atoms with E-state index in [-0.39, 0.29) is 12.2 Å². The Balaban J connectivity index is 2.18. The second-order valence-electron chi connectivity index (χ2n) is 4.68. The summed E-state index contributed by atoms with van der Waals surface area (Å²) >= 11 is 6.84. The molecule has 1 atom stereocenters. The molecular formula is C14H13ClF2N2O2S. The molecule has 0 aliphatic heterocycles. The molecule has 0 aliphatic rings. The zero-order valence-corrected chi connectivity index (χ0v) is 13.4. The van der Waals surface area contributed by atoms with Crippen molar-refractivity contribution in [1.29, 1.82) is 0 Å². The average molecular weight is 347 g/mol. The van der Waals surface area contributed by atoms with Crippen molar-refractivity contribution in [3.05, 3.63) is 40.4 Å². The summed E-state index contributed by atoms with van der Waals surface area (Å²) in [6, 6.07) is 2.91. The Labute approximate surface area is 135 Å². The fraction of sp³-hybridized carbons (Fsp3) is 0.286. The van der Waals surface area contributed by atoms with Crippen LogP contribution in [0.5, 0.6) is 5.75 Å². The third-order valence-corrected chi connectivity index (χ3v) is 4.11. The lowest BCUT2D eigenvalue weighted by Gasteiger charge is -2.28. The Morgan fingerprint density at radius 3 is 2.77 bits per heavy atom. The third kappa shape index (κ3) is 3.72. The molecule has 1 aromatic heterocycles. The summed E-state index contributed by atoms with van der Waals surface area (Å²) in [5.41, 5.74) is -1.34. The van der Waals surface area contributed by atoms with E-state index in [1.807, 2.05) is 0 Å². The number of nitrogens with zero attached hydrogens (tertiary/aromatic N) is 1. The number of hydrogen-bond acceptors (Lipinski definition) is 4. The summed E-state index contributed by atoms with van der Waals surface area (Å²) in [5, 5.41) is 2.89. The maximum atomic E-state index is 13.7. The Hall–Kier alpha value is -1.73. The summed E-state index contributed by atoms with van der Waals surface area (Å²) in [6.45, 7) is 3.23. The molecule has 0 aliphatic carbocycles. The molecule has 0 saturated carbocycles. The van der Waals surface area contributed by atoms with Gasteiger partial charge in [0.2, 0.25) is 0 Å². The van der Waals surface area contributed by atoms with Gasteiger partial charge in [0.1, 0.15) is 10.2 Å². The first-order valence-corrected chi connectivity index (χ1v) is 7.60. The second kappa shape index (κ2) is 6.58. The number of hydrogen-bond donors (Lipinski definition) is 1. The summed E-state index contributed by atoms with van der Waals surface area (Å²) in [5.74, 6) is -2.28. The lowest BCUT2D eigenvalue weighted by Crippen LogP contribution is -2.45. The maximum absolute atomic E-state index is 13.7. The minimum Gasteiger partial charge on any atom is -0.475 e. The van der Waals surface area contributed by atoms with Crippen LogP contribution in [-0.4, -0.2) is 16.5 Å². The van der Waals surface area contributed by atoms with Crippen LogP contribution >= 0.6 is 22.9 Å². The van der Waals surface area contributed by atoms with E-state index in [1.54, 1.807) is 6.92 Å². The highest BCUT2D eigenvalue weighted by Gasteiger charge is 2.35. The number of aromatic nitrogens is 1. The van der Waals surface area contributed by atoms with Crippen molar-refractivity contribution >= 4 is 34.0 Å². The second-order valence-corrected chi connectivity index (χ2v) is 6.35. The maximum Gasteiger partial charge on any atom is 0.270 e. The molecular weight excluding hydrogens is 334 g/mol. The summed E-state index contributed by atoms with van der Waals surface area (Å²) in [6.07, 6.45) is 1.68. The van der Waals surface area contributed by atoms with Crippen LogP contribution in [0.4, 0.5) is 13.9 Å². The molecule has 4 nitrogen and oxygen atoms in total. The SMILES string of the molecule is CCC(C)(Oc1ccc(F)cc1F)C(=O)Nc1ncc(Cl)s1. The third-order valence-electron chi connectivity index (χ3n) is 3.08. The predicted molar refractivity (Wildman–Crippen MR) is 81.4 cm³/mol. The Morgan fingerprint density at radius 1 is 1.50 bits per heavy atom. The number of benzene rings is 1. The number of halogens is 3. The first-order chi connectivity index (χ1) is 10.3. The van der Waals surface area contributed by atoms with Crippen LogP contribution in [0.15, 0.2) is 24.4 Å². The highest BCUT2D eigenvalue weighted by atomic mass is 35.5. The van der Waals surface area contributed by atoms with Crippen LogP contribution in [0.25, 0.3) is 0 Å². The monoisotopic (exact) mass is 346 g/mol. The molecule has 1 heterocycles. The van der Waals surface area contributed by atoms with Crippen molar-refractivity contribution in [1.82, 2.24) is 4.98 Å². The molecule has 1 unspecified atom stereocenters. The van der Waals surface area contributed by atoms with E-state index in [9.17, 15) is 13.6 Å². The van der Waals surface area contributed by atoms with Gasteiger partial charge in [-0.05, 0) is 25.5 Å². The van der Waals surface area contributed by atoms with E-state index in [1.165, 1.54) is 13.1 Å². The highest BCUT2D eigenvalue weighted by Crippen LogP contribution is 2.28. The van der Waals surface area contributed by atoms with Gasteiger partial charge >= 0.3 is 0 Å². The van der Waals surface area contributed by atoms with Gasteiger partial charge in [0.15, 0.2) is 22.3 Å². The number of thiazole rings is 1. The van der Waals surface area contributed by atoms with Crippen LogP contribution in [0, 0.1) is 11.6 Å². The minimum absolute atomic E-state index is 0.196. The number of carbonyl (C=O) groups excluding carboxylic acids is 1. The minimum atomic E-state index is -1.34. The van der Waals surface area contributed by atoms with Crippen molar-refractivity contribution in [3.8, 4) is 5.75 Å². The molecule has 118 valence electrons. The normalized spacial score (nSPS) is 13.5. The number of ether oxygens (including phenoxy) is 1. The van der Waals surface area contributed by atoms with Gasteiger partial charge in [-0.25, -0.2) is 13.8 Å². The molecule has 22 heavy (non-hydrogen) atoms. The molecule has 8 heteroatoms. The standard InChI is InChI=1S/C14H13ClF2N2O2S/c1-3-14(2,12(20)19-13-18-7-11(15)22-13)21-10-5-4-8(16)6-9(10)17/h4-7H,3H2,1-2H3,(H,18,19,20). The smallest absolute Gasteiger partial charge is 0.270 e. The van der Waals surface area contributed by atoms with Crippen LogP contribution in [0.2, 0.25) is 4.34 Å². The molecule has 0 bridgehead atoms. The van der Waals surface area contributed by atoms with Crippen LogP contribution < -0.4 is 10.1 Å². The molecule has 0 saturated heterocycles. The van der Waals surface area contributed by atoms with E-state index in [0.717, 1.165) is 23.5 Å². The lowest BCUT2D eigenvalue weighted by atomic mass is 10.0. The van der Waals surface area contributed by atoms with Gasteiger partial charge in [-0.2, -0.15) is 0 Å². The summed E-state index contributed by atoms with van der Waals surface area (Å²) in [7, 11) is 0. The Morgan fingerprint density at radius 2 is 2.23 bits per heavy atom. The predicted octanol–water partition coefficient (Wildman–Crippen LogP) is 4.26. The van der Waals surface area contributed by atoms with E-state index < -0.39 is 23.1 Å². The Bertz CT molecular complexity index is 695. The molecule has 0 radical (unpaired) electrons. The molecule has 2 aromatic rings. The van der Waals surface area contributed by atoms with Crippen LogP contribution in [0.1, 0.15) is 20.3 Å². The van der Waals surface area contributed by atoms with Gasteiger partial charge in [-0.15, -0.1) is 0 Å². The van der Waals surface area contributed by atoms with Crippen molar-refractivity contribution in [2.24, 2.45) is 0 Å². The van der Waals surface area contributed by atoms with Gasteiger partial charge in [-0.3, -0.25) is 10.1 Å². The zero-order valence-electron chi connectivity index (χ0n) is 11.8. The number of nitrogens with one attached hydrogen (secondary N) is 1. The van der Waals surface area contributed by atoms with Crippen molar-refractivity contribution in [2.75, 3.05) is 5.32 Å². The topological polar surface area (TPSA) is 51.2 Å². The molecule has 1 aromatic carbocycles. The van der Waals surface area contributed by atoms with Crippen molar-refractivity contribution in [3.63, 3.8) is 0 Å². The number of rotatable bonds is 5. The van der Waals surface area contributed by atoms with Gasteiger partial charge in [0.25, 0.3) is 5.91 Å². The fourth-order valence-electron chi connectivity index (χ4n) is 1.62. The lowest BCUT2D eigenvalue weighted by molar-refractivity contribution is -0.130. The molecule has 0 spiro atoms. The Kier molecular flexibility index (Phi) is 4.97. The van der Waals surface area contributed by atoms with Gasteiger partial charge in [0.05, 0.1) is 6.20 Å². The van der Waals surface area contributed by atoms with Gasteiger partial charge in [-0.1, -0.05) is 29.9 Å². The van der Waals surface area contributed by atoms with E-state index in [4.69, 9.17) is 16.3 Å². The van der Waals surface area contributed by atoms with E-state index in [0.29, 0.717) is 15.5 Å². The number of anilines is 1. The largest absolute Gasteiger partial charge is 0.475 e. The summed E-state index contributed by atoms with van der Waals surface area (Å²) < 4.78 is 32.5. The summed E-state index contributed by atoms with van der Waals surface area (Å²) in [4.78, 5) is 16.3. The number of amides is 1. The average Bonchev–Trinajstić information content (AvgIpc) is 2.87. The quantitative estimate of drug-likeness (QED) is 0.880. The van der Waals surface area contributed by atoms with Gasteiger partial charge in [0, 0.05) is 6.07 Å². The molecule has 1 N–H and O–H groups in total. The van der Waals surface area contributed by atoms with E-state index >= 15 is 0 Å². The van der Waals surface area contributed by atoms with Crippen LogP contribution in [-0.2, 0) is 4.79 Å². The van der Waals surface area contributed by atoms with Crippen molar-refractivity contribution in [2.45, 2.75) is 25.9 Å². The molecule has 0 fully saturated rings.